The van der Waals surface area contributed by atoms with Crippen LogP contribution in [0.1, 0.15) is 33.9 Å². The lowest BCUT2D eigenvalue weighted by Crippen LogP contribution is -2.43. The summed E-state index contributed by atoms with van der Waals surface area (Å²) in [5, 5.41) is 2.98. The van der Waals surface area contributed by atoms with E-state index in [1.54, 1.807) is 12.1 Å². The zero-order valence-electron chi connectivity index (χ0n) is 17.0. The van der Waals surface area contributed by atoms with E-state index in [-0.39, 0.29) is 24.3 Å². The molecule has 0 radical (unpaired) electrons. The molecule has 1 N–H and O–H groups in total. The SMILES string of the molecule is Cc1ccc(C(CNC(=O)c2ccc(COc3ccccc3)o2)N2CCOCC2)o1. The first-order valence-electron chi connectivity index (χ1n) is 10.1. The molecular formula is C23H26N2O5. The molecule has 7 nitrogen and oxygen atoms in total. The molecule has 0 bridgehead atoms. The van der Waals surface area contributed by atoms with Gasteiger partial charge in [-0.3, -0.25) is 9.69 Å². The lowest BCUT2D eigenvalue weighted by atomic mass is 10.1. The van der Waals surface area contributed by atoms with Crippen molar-refractivity contribution in [3.05, 3.63) is 77.6 Å². The van der Waals surface area contributed by atoms with Crippen molar-refractivity contribution in [1.82, 2.24) is 10.2 Å². The van der Waals surface area contributed by atoms with Crippen molar-refractivity contribution in [3.63, 3.8) is 0 Å². The van der Waals surface area contributed by atoms with Crippen LogP contribution in [0, 0.1) is 6.92 Å². The largest absolute Gasteiger partial charge is 0.486 e. The summed E-state index contributed by atoms with van der Waals surface area (Å²) in [6.07, 6.45) is 0. The predicted molar refractivity (Wildman–Crippen MR) is 110 cm³/mol. The van der Waals surface area contributed by atoms with Crippen LogP contribution in [-0.2, 0) is 11.3 Å². The van der Waals surface area contributed by atoms with Gasteiger partial charge in [0.25, 0.3) is 5.91 Å². The zero-order chi connectivity index (χ0) is 20.8. The molecule has 2 aromatic heterocycles. The molecule has 1 saturated heterocycles. The second-order valence-corrected chi connectivity index (χ2v) is 7.19. The number of aryl methyl sites for hydroxylation is 1. The highest BCUT2D eigenvalue weighted by atomic mass is 16.5. The molecule has 1 aliphatic rings. The van der Waals surface area contributed by atoms with Gasteiger partial charge in [-0.1, -0.05) is 18.2 Å². The summed E-state index contributed by atoms with van der Waals surface area (Å²) in [7, 11) is 0. The monoisotopic (exact) mass is 410 g/mol. The van der Waals surface area contributed by atoms with E-state index in [2.05, 4.69) is 10.2 Å². The first-order chi connectivity index (χ1) is 14.7. The fourth-order valence-electron chi connectivity index (χ4n) is 3.46. The second-order valence-electron chi connectivity index (χ2n) is 7.19. The molecule has 158 valence electrons. The Labute approximate surface area is 175 Å². The average Bonchev–Trinajstić information content (AvgIpc) is 3.43. The normalized spacial score (nSPS) is 15.6. The lowest BCUT2D eigenvalue weighted by molar-refractivity contribution is 0.0116. The minimum atomic E-state index is -0.262. The lowest BCUT2D eigenvalue weighted by Gasteiger charge is -2.33. The molecule has 0 saturated carbocycles. The standard InChI is InChI=1S/C23H26N2O5/c1-17-7-9-21(29-17)20(25-11-13-27-14-12-25)15-24-23(26)22-10-8-19(30-22)16-28-18-5-3-2-4-6-18/h2-10,20H,11-16H2,1H3,(H,24,26). The maximum Gasteiger partial charge on any atom is 0.287 e. The van der Waals surface area contributed by atoms with Gasteiger partial charge in [-0.15, -0.1) is 0 Å². The van der Waals surface area contributed by atoms with Crippen molar-refractivity contribution in [1.29, 1.82) is 0 Å². The van der Waals surface area contributed by atoms with Crippen LogP contribution >= 0.6 is 0 Å². The second kappa shape index (κ2) is 9.65. The van der Waals surface area contributed by atoms with Crippen molar-refractivity contribution >= 4 is 5.91 Å². The van der Waals surface area contributed by atoms with Gasteiger partial charge < -0.3 is 23.6 Å². The summed E-state index contributed by atoms with van der Waals surface area (Å²) in [6.45, 7) is 5.53. The van der Waals surface area contributed by atoms with Crippen LogP contribution in [0.5, 0.6) is 5.75 Å². The van der Waals surface area contributed by atoms with Crippen LogP contribution in [0.3, 0.4) is 0 Å². The molecule has 1 aromatic carbocycles. The predicted octanol–water partition coefficient (Wildman–Crippen LogP) is 3.56. The van der Waals surface area contributed by atoms with E-state index in [4.69, 9.17) is 18.3 Å². The van der Waals surface area contributed by atoms with E-state index in [9.17, 15) is 4.79 Å². The Hall–Kier alpha value is -3.03. The third-order valence-corrected chi connectivity index (χ3v) is 5.04. The van der Waals surface area contributed by atoms with Crippen LogP contribution < -0.4 is 10.1 Å². The molecule has 1 amide bonds. The highest BCUT2D eigenvalue weighted by molar-refractivity contribution is 5.91. The van der Waals surface area contributed by atoms with Gasteiger partial charge in [0.2, 0.25) is 0 Å². The number of morpholine rings is 1. The van der Waals surface area contributed by atoms with Gasteiger partial charge in [-0.2, -0.15) is 0 Å². The van der Waals surface area contributed by atoms with Gasteiger partial charge in [0.15, 0.2) is 5.76 Å². The molecule has 7 heteroatoms. The van der Waals surface area contributed by atoms with Crippen molar-refractivity contribution < 1.29 is 23.1 Å². The average molecular weight is 410 g/mol. The van der Waals surface area contributed by atoms with E-state index < -0.39 is 0 Å². The number of para-hydroxylation sites is 1. The molecule has 1 aliphatic heterocycles. The number of ether oxygens (including phenoxy) is 2. The smallest absolute Gasteiger partial charge is 0.287 e. The van der Waals surface area contributed by atoms with Crippen molar-refractivity contribution in [2.24, 2.45) is 0 Å². The third kappa shape index (κ3) is 5.11. The number of benzene rings is 1. The molecule has 3 heterocycles. The summed E-state index contributed by atoms with van der Waals surface area (Å²) < 4.78 is 22.6. The number of nitrogens with zero attached hydrogens (tertiary/aromatic N) is 1. The first-order valence-corrected chi connectivity index (χ1v) is 10.1. The summed E-state index contributed by atoms with van der Waals surface area (Å²) >= 11 is 0. The molecule has 1 unspecified atom stereocenters. The summed E-state index contributed by atoms with van der Waals surface area (Å²) in [5.41, 5.74) is 0. The molecule has 3 aromatic rings. The van der Waals surface area contributed by atoms with Gasteiger partial charge in [0, 0.05) is 19.6 Å². The molecule has 0 spiro atoms. The topological polar surface area (TPSA) is 77.1 Å². The number of hydrogen-bond acceptors (Lipinski definition) is 6. The van der Waals surface area contributed by atoms with E-state index in [0.717, 1.165) is 30.4 Å². The highest BCUT2D eigenvalue weighted by Crippen LogP contribution is 2.23. The summed E-state index contributed by atoms with van der Waals surface area (Å²) in [5.74, 6) is 3.03. The molecule has 30 heavy (non-hydrogen) atoms. The number of amides is 1. The van der Waals surface area contributed by atoms with Crippen LogP contribution in [0.15, 0.2) is 63.4 Å². The maximum atomic E-state index is 12.6. The first kappa shape index (κ1) is 20.3. The van der Waals surface area contributed by atoms with Gasteiger partial charge in [0.05, 0.1) is 19.3 Å². The quantitative estimate of drug-likeness (QED) is 0.612. The fourth-order valence-corrected chi connectivity index (χ4v) is 3.46. The Bertz CT molecular complexity index is 943. The van der Waals surface area contributed by atoms with E-state index in [1.807, 2.05) is 49.4 Å². The maximum absolute atomic E-state index is 12.6. The Morgan fingerprint density at radius 2 is 1.87 bits per heavy atom. The number of carbonyl (C=O) groups is 1. The number of furan rings is 2. The van der Waals surface area contributed by atoms with Gasteiger partial charge >= 0.3 is 0 Å². The van der Waals surface area contributed by atoms with Gasteiger partial charge in [-0.05, 0) is 43.3 Å². The fraction of sp³-hybridized carbons (Fsp3) is 0.348. The Kier molecular flexibility index (Phi) is 6.51. The molecule has 1 atom stereocenters. The van der Waals surface area contributed by atoms with Crippen LogP contribution in [0.2, 0.25) is 0 Å². The van der Waals surface area contributed by atoms with Gasteiger partial charge in [0.1, 0.15) is 29.6 Å². The summed E-state index contributed by atoms with van der Waals surface area (Å²) in [6, 6.07) is 16.8. The Balaban J connectivity index is 1.35. The van der Waals surface area contributed by atoms with Crippen molar-refractivity contribution in [3.8, 4) is 5.75 Å². The van der Waals surface area contributed by atoms with Crippen molar-refractivity contribution in [2.75, 3.05) is 32.8 Å². The molecule has 0 aliphatic carbocycles. The Morgan fingerprint density at radius 1 is 1.07 bits per heavy atom. The minimum Gasteiger partial charge on any atom is -0.486 e. The molecule has 4 rings (SSSR count). The van der Waals surface area contributed by atoms with E-state index in [0.29, 0.717) is 25.5 Å². The minimum absolute atomic E-state index is 0.0533. The van der Waals surface area contributed by atoms with Crippen LogP contribution in [-0.4, -0.2) is 43.7 Å². The highest BCUT2D eigenvalue weighted by Gasteiger charge is 2.26. The van der Waals surface area contributed by atoms with Crippen molar-refractivity contribution in [2.45, 2.75) is 19.6 Å². The number of nitrogens with one attached hydrogen (secondary N) is 1. The molecule has 1 fully saturated rings. The van der Waals surface area contributed by atoms with E-state index >= 15 is 0 Å². The zero-order valence-corrected chi connectivity index (χ0v) is 17.0. The number of hydrogen-bond donors (Lipinski definition) is 1. The van der Waals surface area contributed by atoms with Gasteiger partial charge in [-0.25, -0.2) is 0 Å². The number of carbonyl (C=O) groups excluding carboxylic acids is 1. The summed E-state index contributed by atoms with van der Waals surface area (Å²) in [4.78, 5) is 14.9. The van der Waals surface area contributed by atoms with Crippen LogP contribution in [0.4, 0.5) is 0 Å². The van der Waals surface area contributed by atoms with E-state index in [1.165, 1.54) is 0 Å². The number of rotatable bonds is 8. The van der Waals surface area contributed by atoms with Crippen LogP contribution in [0.25, 0.3) is 0 Å². The Morgan fingerprint density at radius 3 is 2.60 bits per heavy atom. The molecular weight excluding hydrogens is 384 g/mol. The third-order valence-electron chi connectivity index (χ3n) is 5.04.